The third-order valence-corrected chi connectivity index (χ3v) is 7.99. The average molecular weight is 382 g/mol. The number of fused-ring (bicyclic) bond motifs is 1. The van der Waals surface area contributed by atoms with E-state index in [0.29, 0.717) is 27.6 Å². The van der Waals surface area contributed by atoms with Crippen molar-refractivity contribution >= 4 is 38.6 Å². The molecule has 1 aliphatic rings. The van der Waals surface area contributed by atoms with E-state index in [1.54, 1.807) is 16.4 Å². The van der Waals surface area contributed by atoms with E-state index in [1.807, 2.05) is 35.0 Å². The number of sulfonamides is 1. The smallest absolute Gasteiger partial charge is 0.252 e. The highest BCUT2D eigenvalue weighted by molar-refractivity contribution is 7.91. The van der Waals surface area contributed by atoms with Gasteiger partial charge in [0.2, 0.25) is 0 Å². The SMILES string of the molecule is O=S(=O)(c1ccc(Cl)s1)N1CCC(c2cn3ccccc3n2)CC1. The van der Waals surface area contributed by atoms with Gasteiger partial charge < -0.3 is 4.40 Å². The molecule has 0 radical (unpaired) electrons. The Labute approximate surface area is 149 Å². The molecule has 5 nitrogen and oxygen atoms in total. The van der Waals surface area contributed by atoms with Crippen molar-refractivity contribution in [3.8, 4) is 0 Å². The van der Waals surface area contributed by atoms with Gasteiger partial charge in [0.25, 0.3) is 10.0 Å². The fourth-order valence-electron chi connectivity index (χ4n) is 3.11. The monoisotopic (exact) mass is 381 g/mol. The summed E-state index contributed by atoms with van der Waals surface area (Å²) in [5, 5.41) is 0. The van der Waals surface area contributed by atoms with Crippen molar-refractivity contribution in [2.45, 2.75) is 23.0 Å². The minimum Gasteiger partial charge on any atom is -0.307 e. The average Bonchev–Trinajstić information content (AvgIpc) is 3.21. The normalized spacial score (nSPS) is 17.5. The lowest BCUT2D eigenvalue weighted by atomic mass is 9.95. The molecule has 0 amide bonds. The van der Waals surface area contributed by atoms with Gasteiger partial charge in [-0.25, -0.2) is 13.4 Å². The van der Waals surface area contributed by atoms with E-state index in [9.17, 15) is 8.42 Å². The number of pyridine rings is 1. The van der Waals surface area contributed by atoms with Gasteiger partial charge in [0.1, 0.15) is 9.86 Å². The molecule has 126 valence electrons. The van der Waals surface area contributed by atoms with E-state index in [-0.39, 0.29) is 0 Å². The van der Waals surface area contributed by atoms with Gasteiger partial charge in [0, 0.05) is 31.4 Å². The summed E-state index contributed by atoms with van der Waals surface area (Å²) in [7, 11) is -3.43. The molecule has 1 fully saturated rings. The van der Waals surface area contributed by atoms with E-state index < -0.39 is 10.0 Å². The summed E-state index contributed by atoms with van der Waals surface area (Å²) < 4.78 is 29.7. The fraction of sp³-hybridized carbons (Fsp3) is 0.312. The number of imidazole rings is 1. The molecule has 0 bridgehead atoms. The molecule has 0 N–H and O–H groups in total. The van der Waals surface area contributed by atoms with Crippen molar-refractivity contribution in [3.05, 3.63) is 52.8 Å². The number of hydrogen-bond acceptors (Lipinski definition) is 4. The van der Waals surface area contributed by atoms with Crippen LogP contribution in [0.3, 0.4) is 0 Å². The van der Waals surface area contributed by atoms with Crippen LogP contribution >= 0.6 is 22.9 Å². The number of aromatic nitrogens is 2. The highest BCUT2D eigenvalue weighted by Crippen LogP contribution is 2.33. The number of halogens is 1. The Morgan fingerprint density at radius 1 is 1.17 bits per heavy atom. The third-order valence-electron chi connectivity index (χ3n) is 4.40. The van der Waals surface area contributed by atoms with Crippen LogP contribution in [0.2, 0.25) is 4.34 Å². The maximum Gasteiger partial charge on any atom is 0.252 e. The van der Waals surface area contributed by atoms with E-state index in [1.165, 1.54) is 0 Å². The molecule has 0 saturated carbocycles. The van der Waals surface area contributed by atoms with E-state index >= 15 is 0 Å². The Bertz CT molecular complexity index is 939. The molecular formula is C16H16ClN3O2S2. The number of hydrogen-bond donors (Lipinski definition) is 0. The van der Waals surface area contributed by atoms with Crippen LogP contribution in [-0.4, -0.2) is 35.2 Å². The Balaban J connectivity index is 1.50. The Hall–Kier alpha value is -1.41. The molecule has 4 rings (SSSR count). The summed E-state index contributed by atoms with van der Waals surface area (Å²) in [5.41, 5.74) is 1.97. The maximum atomic E-state index is 12.6. The Kier molecular flexibility index (Phi) is 4.12. The topological polar surface area (TPSA) is 54.7 Å². The minimum absolute atomic E-state index is 0.295. The second kappa shape index (κ2) is 6.15. The molecule has 8 heteroatoms. The quantitative estimate of drug-likeness (QED) is 0.696. The van der Waals surface area contributed by atoms with Gasteiger partial charge >= 0.3 is 0 Å². The van der Waals surface area contributed by atoms with Crippen LogP contribution in [-0.2, 0) is 10.0 Å². The van der Waals surface area contributed by atoms with Crippen molar-refractivity contribution in [2.24, 2.45) is 0 Å². The van der Waals surface area contributed by atoms with E-state index in [0.717, 1.165) is 35.5 Å². The maximum absolute atomic E-state index is 12.6. The number of piperidine rings is 1. The van der Waals surface area contributed by atoms with Gasteiger partial charge in [0.05, 0.1) is 10.0 Å². The summed E-state index contributed by atoms with van der Waals surface area (Å²) in [6.07, 6.45) is 5.58. The van der Waals surface area contributed by atoms with Crippen LogP contribution in [0.5, 0.6) is 0 Å². The first-order valence-corrected chi connectivity index (χ1v) is 10.4. The second-order valence-corrected chi connectivity index (χ2v) is 9.75. The van der Waals surface area contributed by atoms with Crippen molar-refractivity contribution in [3.63, 3.8) is 0 Å². The second-order valence-electron chi connectivity index (χ2n) is 5.87. The molecule has 4 heterocycles. The molecule has 24 heavy (non-hydrogen) atoms. The van der Waals surface area contributed by atoms with Gasteiger partial charge in [-0.3, -0.25) is 0 Å². The van der Waals surface area contributed by atoms with E-state index in [2.05, 4.69) is 4.98 Å². The van der Waals surface area contributed by atoms with E-state index in [4.69, 9.17) is 11.6 Å². The van der Waals surface area contributed by atoms with Crippen molar-refractivity contribution < 1.29 is 8.42 Å². The lowest BCUT2D eigenvalue weighted by molar-refractivity contribution is 0.317. The highest BCUT2D eigenvalue weighted by Gasteiger charge is 2.31. The number of nitrogens with zero attached hydrogens (tertiary/aromatic N) is 3. The highest BCUT2D eigenvalue weighted by atomic mass is 35.5. The molecule has 1 aliphatic heterocycles. The standard InChI is InChI=1S/C16H16ClN3O2S2/c17-14-4-5-16(23-14)24(21,22)20-9-6-12(7-10-20)13-11-19-8-2-1-3-15(19)18-13/h1-5,8,11-12H,6-7,9-10H2. The molecular weight excluding hydrogens is 366 g/mol. The summed E-state index contributed by atoms with van der Waals surface area (Å²) in [6, 6.07) is 9.12. The third kappa shape index (κ3) is 2.86. The summed E-state index contributed by atoms with van der Waals surface area (Å²) in [5.74, 6) is 0.295. The molecule has 0 atom stereocenters. The summed E-state index contributed by atoms with van der Waals surface area (Å²) >= 11 is 6.98. The van der Waals surface area contributed by atoms with Crippen LogP contribution in [0.4, 0.5) is 0 Å². The molecule has 3 aromatic rings. The van der Waals surface area contributed by atoms with Crippen LogP contribution in [0.1, 0.15) is 24.5 Å². The van der Waals surface area contributed by atoms with Crippen LogP contribution in [0.25, 0.3) is 5.65 Å². The largest absolute Gasteiger partial charge is 0.307 e. The summed E-state index contributed by atoms with van der Waals surface area (Å²) in [6.45, 7) is 1.02. The Morgan fingerprint density at radius 3 is 2.62 bits per heavy atom. The van der Waals surface area contributed by atoms with Gasteiger partial charge in [-0.1, -0.05) is 17.7 Å². The van der Waals surface area contributed by atoms with Gasteiger partial charge in [-0.15, -0.1) is 11.3 Å². The zero-order valence-electron chi connectivity index (χ0n) is 12.8. The molecule has 1 saturated heterocycles. The van der Waals surface area contributed by atoms with Crippen molar-refractivity contribution in [2.75, 3.05) is 13.1 Å². The first kappa shape index (κ1) is 16.1. The predicted octanol–water partition coefficient (Wildman–Crippen LogP) is 3.62. The lowest BCUT2D eigenvalue weighted by Gasteiger charge is -2.30. The molecule has 0 aromatic carbocycles. The van der Waals surface area contributed by atoms with Crippen molar-refractivity contribution in [1.29, 1.82) is 0 Å². The van der Waals surface area contributed by atoms with Crippen molar-refractivity contribution in [1.82, 2.24) is 13.7 Å². The fourth-order valence-corrected chi connectivity index (χ4v) is 6.21. The first-order valence-electron chi connectivity index (χ1n) is 7.73. The molecule has 0 spiro atoms. The summed E-state index contributed by atoms with van der Waals surface area (Å²) in [4.78, 5) is 4.66. The molecule has 3 aromatic heterocycles. The number of thiophene rings is 1. The van der Waals surface area contributed by atoms with Crippen LogP contribution < -0.4 is 0 Å². The predicted molar refractivity (Wildman–Crippen MR) is 95.3 cm³/mol. The first-order chi connectivity index (χ1) is 11.5. The zero-order chi connectivity index (χ0) is 16.7. The minimum atomic E-state index is -3.43. The number of rotatable bonds is 3. The molecule has 0 unspecified atom stereocenters. The molecule has 0 aliphatic carbocycles. The van der Waals surface area contributed by atoms with Gasteiger partial charge in [-0.05, 0) is 37.1 Å². The zero-order valence-corrected chi connectivity index (χ0v) is 15.2. The van der Waals surface area contributed by atoms with Gasteiger partial charge in [-0.2, -0.15) is 4.31 Å². The Morgan fingerprint density at radius 2 is 1.96 bits per heavy atom. The van der Waals surface area contributed by atoms with Crippen LogP contribution in [0, 0.1) is 0 Å². The van der Waals surface area contributed by atoms with Crippen LogP contribution in [0.15, 0.2) is 46.9 Å². The van der Waals surface area contributed by atoms with Gasteiger partial charge in [0.15, 0.2) is 0 Å². The lowest BCUT2D eigenvalue weighted by Crippen LogP contribution is -2.37.